The molecule has 83 valence electrons. The van der Waals surface area contributed by atoms with Gasteiger partial charge in [0.15, 0.2) is 0 Å². The predicted molar refractivity (Wildman–Crippen MR) is 60.3 cm³/mol. The average Bonchev–Trinajstić information content (AvgIpc) is 2.54. The van der Waals surface area contributed by atoms with E-state index in [1.54, 1.807) is 0 Å². The minimum Gasteiger partial charge on any atom is -0.686 e. The Hall–Kier alpha value is 0.163. The Balaban J connectivity index is -0.000000273. The van der Waals surface area contributed by atoms with E-state index in [-0.39, 0.29) is 47.0 Å². The SMILES string of the molecule is CC.[CH2-]c1ccc2c(c1)CC[N-]2.[CH3-].[V].[W+2]. The van der Waals surface area contributed by atoms with Gasteiger partial charge in [0, 0.05) is 18.6 Å². The van der Waals surface area contributed by atoms with Crippen molar-refractivity contribution in [3.05, 3.63) is 49.0 Å². The first-order chi connectivity index (χ1) is 5.86. The zero-order valence-corrected chi connectivity index (χ0v) is 14.0. The third kappa shape index (κ3) is 5.71. The molecule has 0 saturated heterocycles. The van der Waals surface area contributed by atoms with Gasteiger partial charge in [-0.05, 0) is 0 Å². The molecule has 1 aliphatic rings. The maximum Gasteiger partial charge on any atom is 2.00 e. The molecule has 0 aliphatic carbocycles. The quantitative estimate of drug-likeness (QED) is 0.576. The molecule has 0 N–H and O–H groups in total. The molecular weight excluding hydrogens is 393 g/mol. The van der Waals surface area contributed by atoms with Crippen LogP contribution in [-0.4, -0.2) is 6.54 Å². The predicted octanol–water partition coefficient (Wildman–Crippen LogP) is 3.90. The largest absolute Gasteiger partial charge is 2.00 e. The van der Waals surface area contributed by atoms with Crippen molar-refractivity contribution in [1.29, 1.82) is 0 Å². The molecule has 0 atom stereocenters. The Kier molecular flexibility index (Phi) is 14.6. The summed E-state index contributed by atoms with van der Waals surface area (Å²) in [5.74, 6) is 0. The Morgan fingerprint density at radius 3 is 2.47 bits per heavy atom. The molecule has 1 aromatic rings. The van der Waals surface area contributed by atoms with Gasteiger partial charge in [0.05, 0.1) is 0 Å². The first kappa shape index (κ1) is 20.6. The van der Waals surface area contributed by atoms with E-state index < -0.39 is 0 Å². The van der Waals surface area contributed by atoms with E-state index in [1.807, 2.05) is 26.0 Å². The molecule has 0 amide bonds. The van der Waals surface area contributed by atoms with Crippen LogP contribution in [0.1, 0.15) is 25.0 Å². The fourth-order valence-electron chi connectivity index (χ4n) is 1.29. The van der Waals surface area contributed by atoms with Crippen LogP contribution in [0.5, 0.6) is 0 Å². The summed E-state index contributed by atoms with van der Waals surface area (Å²) in [6.07, 6.45) is 1.10. The van der Waals surface area contributed by atoms with Crippen LogP contribution < -0.4 is 0 Å². The van der Waals surface area contributed by atoms with Crippen molar-refractivity contribution < 1.29 is 39.6 Å². The molecular formula is C12H18NVW-. The molecule has 0 bridgehead atoms. The van der Waals surface area contributed by atoms with E-state index in [2.05, 4.69) is 18.3 Å². The summed E-state index contributed by atoms with van der Waals surface area (Å²) in [5, 5.41) is 4.31. The first-order valence-corrected chi connectivity index (χ1v) is 4.48. The van der Waals surface area contributed by atoms with Gasteiger partial charge in [0.2, 0.25) is 0 Å². The van der Waals surface area contributed by atoms with Crippen LogP contribution in [0, 0.1) is 14.4 Å². The molecule has 2 rings (SSSR count). The maximum atomic E-state index is 4.31. The second kappa shape index (κ2) is 10.7. The van der Waals surface area contributed by atoms with E-state index in [9.17, 15) is 0 Å². The van der Waals surface area contributed by atoms with Crippen LogP contribution in [0.15, 0.2) is 18.2 Å². The van der Waals surface area contributed by atoms with Crippen LogP contribution in [0.25, 0.3) is 5.32 Å². The van der Waals surface area contributed by atoms with Gasteiger partial charge in [-0.15, -0.1) is 18.2 Å². The molecule has 0 saturated carbocycles. The summed E-state index contributed by atoms with van der Waals surface area (Å²) in [6.45, 7) is 8.81. The summed E-state index contributed by atoms with van der Waals surface area (Å²) in [5.41, 5.74) is 3.61. The molecule has 1 nitrogen and oxygen atoms in total. The van der Waals surface area contributed by atoms with Crippen molar-refractivity contribution in [3.8, 4) is 0 Å². The minimum absolute atomic E-state index is 0. The maximum absolute atomic E-state index is 4.31. The summed E-state index contributed by atoms with van der Waals surface area (Å²) in [6, 6.07) is 6.17. The van der Waals surface area contributed by atoms with Gasteiger partial charge in [0.25, 0.3) is 0 Å². The van der Waals surface area contributed by atoms with Gasteiger partial charge in [-0.1, -0.05) is 20.3 Å². The number of benzene rings is 1. The average molecular weight is 411 g/mol. The summed E-state index contributed by atoms with van der Waals surface area (Å²) < 4.78 is 0. The molecule has 1 aliphatic heterocycles. The number of nitrogens with zero attached hydrogens (tertiary/aromatic N) is 1. The number of hydrogen-bond donors (Lipinski definition) is 0. The van der Waals surface area contributed by atoms with Crippen molar-refractivity contribution >= 4 is 5.69 Å². The Morgan fingerprint density at radius 1 is 1.27 bits per heavy atom. The Bertz CT molecular complexity index is 264. The first-order valence-electron chi connectivity index (χ1n) is 4.48. The van der Waals surface area contributed by atoms with Crippen molar-refractivity contribution in [2.75, 3.05) is 6.54 Å². The fraction of sp³-hybridized carbons (Fsp3) is 0.333. The van der Waals surface area contributed by atoms with E-state index in [1.165, 1.54) is 5.56 Å². The third-order valence-electron chi connectivity index (χ3n) is 1.81. The number of fused-ring (bicyclic) bond motifs is 1. The smallest absolute Gasteiger partial charge is 0.686 e. The van der Waals surface area contributed by atoms with E-state index in [0.29, 0.717) is 0 Å². The van der Waals surface area contributed by atoms with Gasteiger partial charge in [-0.3, -0.25) is 0 Å². The van der Waals surface area contributed by atoms with Crippen LogP contribution in [0.2, 0.25) is 0 Å². The molecule has 3 heteroatoms. The summed E-state index contributed by atoms with van der Waals surface area (Å²) in [4.78, 5) is 0. The summed E-state index contributed by atoms with van der Waals surface area (Å²) in [7, 11) is 0. The third-order valence-corrected chi connectivity index (χ3v) is 1.81. The molecule has 15 heavy (non-hydrogen) atoms. The number of hydrogen-bond acceptors (Lipinski definition) is 0. The zero-order valence-electron chi connectivity index (χ0n) is 9.66. The van der Waals surface area contributed by atoms with Gasteiger partial charge in [-0.2, -0.15) is 30.3 Å². The monoisotopic (exact) mass is 411 g/mol. The van der Waals surface area contributed by atoms with Crippen LogP contribution in [0.3, 0.4) is 0 Å². The molecule has 1 radical (unpaired) electrons. The molecule has 1 aromatic carbocycles. The minimum atomic E-state index is 0. The van der Waals surface area contributed by atoms with E-state index >= 15 is 0 Å². The van der Waals surface area contributed by atoms with Gasteiger partial charge < -0.3 is 12.7 Å². The number of rotatable bonds is 0. The topological polar surface area (TPSA) is 14.1 Å². The molecule has 1 heterocycles. The zero-order chi connectivity index (χ0) is 8.97. The van der Waals surface area contributed by atoms with Crippen molar-refractivity contribution in [2.24, 2.45) is 0 Å². The van der Waals surface area contributed by atoms with Crippen LogP contribution in [-0.2, 0) is 46.0 Å². The second-order valence-corrected chi connectivity index (χ2v) is 2.59. The van der Waals surface area contributed by atoms with E-state index in [4.69, 9.17) is 0 Å². The van der Waals surface area contributed by atoms with Crippen molar-refractivity contribution in [2.45, 2.75) is 20.3 Å². The second-order valence-electron chi connectivity index (χ2n) is 2.59. The van der Waals surface area contributed by atoms with Crippen molar-refractivity contribution in [1.82, 2.24) is 0 Å². The van der Waals surface area contributed by atoms with Crippen molar-refractivity contribution in [3.63, 3.8) is 0 Å². The standard InChI is InChI=1S/C9H9N.C2H6.CH3.V.W/c1-7-2-3-9-8(6-7)4-5-10-9;1-2;;;/h2-3,6H,1,4-5H2;1-2H3;1H3;;/q-2;;-1;;+2. The van der Waals surface area contributed by atoms with Crippen LogP contribution in [0.4, 0.5) is 5.69 Å². The normalized spacial score (nSPS) is 10.0. The summed E-state index contributed by atoms with van der Waals surface area (Å²) >= 11 is 0. The Labute approximate surface area is 121 Å². The van der Waals surface area contributed by atoms with Gasteiger partial charge in [0.1, 0.15) is 0 Å². The molecule has 0 spiro atoms. The van der Waals surface area contributed by atoms with E-state index in [0.717, 1.165) is 24.2 Å². The molecule has 0 aromatic heterocycles. The fourth-order valence-corrected chi connectivity index (χ4v) is 1.29. The molecule has 0 unspecified atom stereocenters. The van der Waals surface area contributed by atoms with Gasteiger partial charge >= 0.3 is 21.1 Å². The Morgan fingerprint density at radius 2 is 1.87 bits per heavy atom. The van der Waals surface area contributed by atoms with Crippen LogP contribution >= 0.6 is 0 Å². The van der Waals surface area contributed by atoms with Gasteiger partial charge in [-0.25, -0.2) is 0 Å². The molecule has 0 fully saturated rings.